The zero-order valence-corrected chi connectivity index (χ0v) is 9.08. The van der Waals surface area contributed by atoms with Gasteiger partial charge in [0.15, 0.2) is 0 Å². The maximum absolute atomic E-state index is 9.67. The van der Waals surface area contributed by atoms with Gasteiger partial charge in [-0.25, -0.2) is 0 Å². The van der Waals surface area contributed by atoms with Crippen LogP contribution in [0.15, 0.2) is 0 Å². The maximum atomic E-state index is 9.67. The van der Waals surface area contributed by atoms with E-state index in [2.05, 4.69) is 12.2 Å². The van der Waals surface area contributed by atoms with Crippen molar-refractivity contribution >= 4 is 0 Å². The summed E-state index contributed by atoms with van der Waals surface area (Å²) < 4.78 is 0. The van der Waals surface area contributed by atoms with Crippen molar-refractivity contribution < 1.29 is 10.2 Å². The van der Waals surface area contributed by atoms with E-state index in [1.165, 1.54) is 6.42 Å². The lowest BCUT2D eigenvalue weighted by Gasteiger charge is -2.29. The van der Waals surface area contributed by atoms with E-state index in [1.54, 1.807) is 0 Å². The van der Waals surface area contributed by atoms with Crippen LogP contribution in [0.3, 0.4) is 0 Å². The third kappa shape index (κ3) is 3.95. The van der Waals surface area contributed by atoms with Crippen molar-refractivity contribution in [2.75, 3.05) is 6.54 Å². The highest BCUT2D eigenvalue weighted by Gasteiger charge is 2.22. The molecule has 14 heavy (non-hydrogen) atoms. The number of rotatable bonds is 5. The Kier molecular flexibility index (Phi) is 5.45. The second-order valence-corrected chi connectivity index (χ2v) is 4.31. The van der Waals surface area contributed by atoms with E-state index in [9.17, 15) is 10.2 Å². The van der Waals surface area contributed by atoms with Gasteiger partial charge < -0.3 is 15.5 Å². The van der Waals surface area contributed by atoms with Gasteiger partial charge in [0.1, 0.15) is 0 Å². The molecule has 0 heterocycles. The molecule has 0 bridgehead atoms. The molecule has 0 aromatic carbocycles. The Balaban J connectivity index is 2.15. The van der Waals surface area contributed by atoms with Crippen LogP contribution >= 0.6 is 0 Å². The van der Waals surface area contributed by atoms with Gasteiger partial charge >= 0.3 is 0 Å². The molecule has 3 N–H and O–H groups in total. The fourth-order valence-corrected chi connectivity index (χ4v) is 2.07. The second-order valence-electron chi connectivity index (χ2n) is 4.31. The van der Waals surface area contributed by atoms with E-state index < -0.39 is 0 Å². The summed E-state index contributed by atoms with van der Waals surface area (Å²) in [5.41, 5.74) is 0. The molecule has 1 fully saturated rings. The largest absolute Gasteiger partial charge is 0.392 e. The summed E-state index contributed by atoms with van der Waals surface area (Å²) in [6.07, 6.45) is 5.66. The first-order chi connectivity index (χ1) is 6.74. The van der Waals surface area contributed by atoms with Gasteiger partial charge in [-0.2, -0.15) is 0 Å². The Labute approximate surface area is 86.5 Å². The molecule has 1 aliphatic rings. The summed E-state index contributed by atoms with van der Waals surface area (Å²) in [6, 6.07) is 0.204. The summed E-state index contributed by atoms with van der Waals surface area (Å²) in [7, 11) is 0. The third-order valence-corrected chi connectivity index (χ3v) is 2.97. The van der Waals surface area contributed by atoms with Crippen LogP contribution in [-0.4, -0.2) is 35.0 Å². The molecule has 1 aliphatic carbocycles. The molecule has 1 rings (SSSR count). The van der Waals surface area contributed by atoms with E-state index >= 15 is 0 Å². The highest BCUT2D eigenvalue weighted by molar-refractivity contribution is 4.80. The Bertz CT molecular complexity index is 152. The monoisotopic (exact) mass is 201 g/mol. The van der Waals surface area contributed by atoms with Crippen molar-refractivity contribution in [1.29, 1.82) is 0 Å². The van der Waals surface area contributed by atoms with Crippen LogP contribution in [0.2, 0.25) is 0 Å². The van der Waals surface area contributed by atoms with Gasteiger partial charge in [0.25, 0.3) is 0 Å². The van der Waals surface area contributed by atoms with Gasteiger partial charge in [0, 0.05) is 12.6 Å². The molecule has 1 unspecified atom stereocenters. The van der Waals surface area contributed by atoms with Crippen LogP contribution in [0.1, 0.15) is 45.4 Å². The number of hydrogen-bond acceptors (Lipinski definition) is 3. The summed E-state index contributed by atoms with van der Waals surface area (Å²) >= 11 is 0. The van der Waals surface area contributed by atoms with Crippen molar-refractivity contribution in [3.8, 4) is 0 Å². The lowest BCUT2D eigenvalue weighted by molar-refractivity contribution is 0.0784. The highest BCUT2D eigenvalue weighted by Crippen LogP contribution is 2.18. The summed E-state index contributed by atoms with van der Waals surface area (Å²) in [6.45, 7) is 2.69. The molecule has 0 aromatic heterocycles. The van der Waals surface area contributed by atoms with Gasteiger partial charge in [-0.15, -0.1) is 0 Å². The average Bonchev–Trinajstić information content (AvgIpc) is 2.17. The molecule has 84 valence electrons. The molecule has 0 saturated heterocycles. The van der Waals surface area contributed by atoms with E-state index in [0.717, 1.165) is 32.1 Å². The van der Waals surface area contributed by atoms with E-state index in [1.807, 2.05) is 0 Å². The highest BCUT2D eigenvalue weighted by atomic mass is 16.3. The van der Waals surface area contributed by atoms with Crippen LogP contribution < -0.4 is 5.32 Å². The smallest absolute Gasteiger partial charge is 0.0693 e. The van der Waals surface area contributed by atoms with Crippen molar-refractivity contribution in [3.05, 3.63) is 0 Å². The lowest BCUT2D eigenvalue weighted by Crippen LogP contribution is -2.44. The molecule has 0 spiro atoms. The molecule has 3 nitrogen and oxygen atoms in total. The first kappa shape index (κ1) is 12.0. The SMILES string of the molecule is CCCC(O)CN[C@@H]1CCCC[C@H]1O. The molecule has 1 saturated carbocycles. The average molecular weight is 201 g/mol. The van der Waals surface area contributed by atoms with Crippen molar-refractivity contribution in [1.82, 2.24) is 5.32 Å². The van der Waals surface area contributed by atoms with E-state index in [-0.39, 0.29) is 18.2 Å². The van der Waals surface area contributed by atoms with E-state index in [4.69, 9.17) is 0 Å². The minimum absolute atomic E-state index is 0.204. The van der Waals surface area contributed by atoms with Crippen LogP contribution in [0, 0.1) is 0 Å². The van der Waals surface area contributed by atoms with Gasteiger partial charge in [-0.05, 0) is 19.3 Å². The third-order valence-electron chi connectivity index (χ3n) is 2.97. The van der Waals surface area contributed by atoms with Gasteiger partial charge in [-0.3, -0.25) is 0 Å². The fraction of sp³-hybridized carbons (Fsp3) is 1.00. The molecule has 3 heteroatoms. The van der Waals surface area contributed by atoms with Gasteiger partial charge in [0.2, 0.25) is 0 Å². The van der Waals surface area contributed by atoms with Gasteiger partial charge in [-0.1, -0.05) is 26.2 Å². The lowest BCUT2D eigenvalue weighted by atomic mass is 9.92. The predicted octanol–water partition coefficient (Wildman–Crippen LogP) is 1.04. The Morgan fingerprint density at radius 3 is 2.71 bits per heavy atom. The van der Waals surface area contributed by atoms with Crippen LogP contribution in [-0.2, 0) is 0 Å². The number of nitrogens with one attached hydrogen (secondary N) is 1. The first-order valence-electron chi connectivity index (χ1n) is 5.83. The first-order valence-corrected chi connectivity index (χ1v) is 5.83. The maximum Gasteiger partial charge on any atom is 0.0693 e. The Morgan fingerprint density at radius 1 is 1.36 bits per heavy atom. The van der Waals surface area contributed by atoms with Crippen molar-refractivity contribution in [3.63, 3.8) is 0 Å². The minimum Gasteiger partial charge on any atom is -0.392 e. The number of aliphatic hydroxyl groups is 2. The molecule has 0 aromatic rings. The topological polar surface area (TPSA) is 52.5 Å². The summed E-state index contributed by atoms with van der Waals surface area (Å²) in [5, 5.41) is 22.4. The van der Waals surface area contributed by atoms with Crippen molar-refractivity contribution in [2.24, 2.45) is 0 Å². The van der Waals surface area contributed by atoms with Gasteiger partial charge in [0.05, 0.1) is 12.2 Å². The zero-order valence-electron chi connectivity index (χ0n) is 9.08. The Hall–Kier alpha value is -0.120. The quantitative estimate of drug-likeness (QED) is 0.623. The molecular formula is C11H23NO2. The van der Waals surface area contributed by atoms with Crippen LogP contribution in [0.4, 0.5) is 0 Å². The number of aliphatic hydroxyl groups excluding tert-OH is 2. The fourth-order valence-electron chi connectivity index (χ4n) is 2.07. The zero-order chi connectivity index (χ0) is 10.4. The standard InChI is InChI=1S/C11H23NO2/c1-2-5-9(13)8-12-10-6-3-4-7-11(10)14/h9-14H,2-8H2,1H3/t9?,10-,11-/m1/s1. The molecular weight excluding hydrogens is 178 g/mol. The molecule has 0 amide bonds. The Morgan fingerprint density at radius 2 is 2.07 bits per heavy atom. The molecule has 3 atom stereocenters. The molecule has 0 radical (unpaired) electrons. The molecule has 0 aliphatic heterocycles. The predicted molar refractivity (Wildman–Crippen MR) is 57.2 cm³/mol. The normalized spacial score (nSPS) is 30.2. The summed E-state index contributed by atoms with van der Waals surface area (Å²) in [4.78, 5) is 0. The van der Waals surface area contributed by atoms with Crippen LogP contribution in [0.25, 0.3) is 0 Å². The summed E-state index contributed by atoms with van der Waals surface area (Å²) in [5.74, 6) is 0. The van der Waals surface area contributed by atoms with Crippen LogP contribution in [0.5, 0.6) is 0 Å². The minimum atomic E-state index is -0.255. The second kappa shape index (κ2) is 6.38. The van der Waals surface area contributed by atoms with Crippen molar-refractivity contribution in [2.45, 2.75) is 63.7 Å². The van der Waals surface area contributed by atoms with E-state index in [0.29, 0.717) is 6.54 Å². The number of hydrogen-bond donors (Lipinski definition) is 3.